The van der Waals surface area contributed by atoms with Gasteiger partial charge < -0.3 is 4.90 Å². The molecule has 0 N–H and O–H groups in total. The summed E-state index contributed by atoms with van der Waals surface area (Å²) in [6.07, 6.45) is 4.50. The van der Waals surface area contributed by atoms with E-state index in [0.717, 1.165) is 11.9 Å². The molecule has 12 heavy (non-hydrogen) atoms. The standard InChI is InChI=1S/C9H11IN2/c1-12(7-4-5-7)9-8(10)3-2-6-11-9/h2-3,6-7H,4-5H2,1H3. The lowest BCUT2D eigenvalue weighted by atomic mass is 10.4. The van der Waals surface area contributed by atoms with Gasteiger partial charge in [-0.2, -0.15) is 0 Å². The van der Waals surface area contributed by atoms with E-state index in [-0.39, 0.29) is 0 Å². The topological polar surface area (TPSA) is 16.1 Å². The molecule has 0 radical (unpaired) electrons. The molecule has 1 aromatic heterocycles. The first-order valence-corrected chi connectivity index (χ1v) is 5.20. The van der Waals surface area contributed by atoms with Crippen LogP contribution in [0.25, 0.3) is 0 Å². The Morgan fingerprint density at radius 2 is 2.33 bits per heavy atom. The van der Waals surface area contributed by atoms with Crippen molar-refractivity contribution in [2.75, 3.05) is 11.9 Å². The average Bonchev–Trinajstić information content (AvgIpc) is 2.86. The summed E-state index contributed by atoms with van der Waals surface area (Å²) in [7, 11) is 2.13. The molecule has 0 saturated heterocycles. The van der Waals surface area contributed by atoms with E-state index in [0.29, 0.717) is 0 Å². The molecule has 1 saturated carbocycles. The van der Waals surface area contributed by atoms with Gasteiger partial charge in [0, 0.05) is 19.3 Å². The number of hydrogen-bond acceptors (Lipinski definition) is 2. The van der Waals surface area contributed by atoms with E-state index in [1.165, 1.54) is 16.4 Å². The second kappa shape index (κ2) is 3.20. The fraction of sp³-hybridized carbons (Fsp3) is 0.444. The number of hydrogen-bond donors (Lipinski definition) is 0. The highest BCUT2D eigenvalue weighted by molar-refractivity contribution is 14.1. The van der Waals surface area contributed by atoms with Gasteiger partial charge in [-0.1, -0.05) is 0 Å². The van der Waals surface area contributed by atoms with Gasteiger partial charge in [-0.15, -0.1) is 0 Å². The summed E-state index contributed by atoms with van der Waals surface area (Å²) in [4.78, 5) is 6.64. The Morgan fingerprint density at radius 1 is 1.58 bits per heavy atom. The first kappa shape index (κ1) is 8.29. The van der Waals surface area contributed by atoms with Crippen LogP contribution in [0.15, 0.2) is 18.3 Å². The Bertz CT molecular complexity index is 284. The highest BCUT2D eigenvalue weighted by atomic mass is 127. The van der Waals surface area contributed by atoms with E-state index in [1.54, 1.807) is 0 Å². The van der Waals surface area contributed by atoms with Crippen LogP contribution in [0.4, 0.5) is 5.82 Å². The Kier molecular flexibility index (Phi) is 2.21. The summed E-state index contributed by atoms with van der Waals surface area (Å²) < 4.78 is 1.24. The van der Waals surface area contributed by atoms with E-state index in [1.807, 2.05) is 12.3 Å². The fourth-order valence-corrected chi connectivity index (χ4v) is 2.00. The molecule has 1 heterocycles. The summed E-state index contributed by atoms with van der Waals surface area (Å²) in [6, 6.07) is 4.82. The number of aromatic nitrogens is 1. The lowest BCUT2D eigenvalue weighted by Gasteiger charge is -2.18. The van der Waals surface area contributed by atoms with Gasteiger partial charge in [-0.3, -0.25) is 0 Å². The number of nitrogens with zero attached hydrogens (tertiary/aromatic N) is 2. The van der Waals surface area contributed by atoms with E-state index >= 15 is 0 Å². The Hall–Kier alpha value is -0.320. The van der Waals surface area contributed by atoms with Gasteiger partial charge in [0.15, 0.2) is 0 Å². The third-order valence-electron chi connectivity index (χ3n) is 2.17. The Balaban J connectivity index is 2.25. The van der Waals surface area contributed by atoms with Crippen molar-refractivity contribution < 1.29 is 0 Å². The van der Waals surface area contributed by atoms with Crippen LogP contribution in [0.1, 0.15) is 12.8 Å². The van der Waals surface area contributed by atoms with Crippen molar-refractivity contribution >= 4 is 28.4 Å². The van der Waals surface area contributed by atoms with Crippen molar-refractivity contribution in [1.29, 1.82) is 0 Å². The largest absolute Gasteiger partial charge is 0.356 e. The summed E-state index contributed by atoms with van der Waals surface area (Å²) in [6.45, 7) is 0. The normalized spacial score (nSPS) is 16.2. The monoisotopic (exact) mass is 274 g/mol. The summed E-state index contributed by atoms with van der Waals surface area (Å²) in [5.74, 6) is 1.13. The summed E-state index contributed by atoms with van der Waals surface area (Å²) in [5, 5.41) is 0. The zero-order valence-corrected chi connectivity index (χ0v) is 9.15. The van der Waals surface area contributed by atoms with Crippen molar-refractivity contribution in [1.82, 2.24) is 4.98 Å². The minimum absolute atomic E-state index is 0.744. The molecule has 0 aromatic carbocycles. The molecule has 0 amide bonds. The fourth-order valence-electron chi connectivity index (χ4n) is 1.27. The van der Waals surface area contributed by atoms with Gasteiger partial charge in [-0.05, 0) is 47.6 Å². The van der Waals surface area contributed by atoms with E-state index in [2.05, 4.69) is 45.6 Å². The average molecular weight is 274 g/mol. The molecule has 0 aliphatic heterocycles. The lowest BCUT2D eigenvalue weighted by Crippen LogP contribution is -2.21. The number of pyridine rings is 1. The molecule has 2 nitrogen and oxygen atoms in total. The second-order valence-electron chi connectivity index (χ2n) is 3.15. The van der Waals surface area contributed by atoms with E-state index < -0.39 is 0 Å². The van der Waals surface area contributed by atoms with Gasteiger partial charge >= 0.3 is 0 Å². The molecular formula is C9H11IN2. The molecule has 0 atom stereocenters. The zero-order chi connectivity index (χ0) is 8.55. The quantitative estimate of drug-likeness (QED) is 0.769. The van der Waals surface area contributed by atoms with Crippen molar-refractivity contribution in [2.24, 2.45) is 0 Å². The highest BCUT2D eigenvalue weighted by Gasteiger charge is 2.27. The smallest absolute Gasteiger partial charge is 0.141 e. The third-order valence-corrected chi connectivity index (χ3v) is 3.01. The van der Waals surface area contributed by atoms with Crippen LogP contribution < -0.4 is 4.90 Å². The van der Waals surface area contributed by atoms with Gasteiger partial charge in [0.2, 0.25) is 0 Å². The number of anilines is 1. The molecular weight excluding hydrogens is 263 g/mol. The molecule has 64 valence electrons. The molecule has 0 unspecified atom stereocenters. The minimum Gasteiger partial charge on any atom is -0.356 e. The number of halogens is 1. The maximum absolute atomic E-state index is 4.36. The predicted octanol–water partition coefficient (Wildman–Crippen LogP) is 2.28. The molecule has 0 bridgehead atoms. The molecule has 1 aliphatic carbocycles. The first-order valence-electron chi connectivity index (χ1n) is 4.12. The Labute approximate surface area is 86.1 Å². The molecule has 1 aromatic rings. The van der Waals surface area contributed by atoms with Crippen molar-refractivity contribution in [3.8, 4) is 0 Å². The van der Waals surface area contributed by atoms with Crippen molar-refractivity contribution in [2.45, 2.75) is 18.9 Å². The molecule has 2 rings (SSSR count). The van der Waals surface area contributed by atoms with Gasteiger partial charge in [0.05, 0.1) is 3.57 Å². The van der Waals surface area contributed by atoms with Crippen LogP contribution in [-0.4, -0.2) is 18.1 Å². The van der Waals surface area contributed by atoms with Gasteiger partial charge in [0.25, 0.3) is 0 Å². The van der Waals surface area contributed by atoms with E-state index in [4.69, 9.17) is 0 Å². The predicted molar refractivity (Wildman–Crippen MR) is 58.4 cm³/mol. The third kappa shape index (κ3) is 1.55. The maximum atomic E-state index is 4.36. The molecule has 1 fully saturated rings. The molecule has 3 heteroatoms. The SMILES string of the molecule is CN(c1ncccc1I)C1CC1. The van der Waals surface area contributed by atoms with Crippen molar-refractivity contribution in [3.63, 3.8) is 0 Å². The Morgan fingerprint density at radius 3 is 2.92 bits per heavy atom. The molecule has 0 spiro atoms. The lowest BCUT2D eigenvalue weighted by molar-refractivity contribution is 0.888. The van der Waals surface area contributed by atoms with E-state index in [9.17, 15) is 0 Å². The van der Waals surface area contributed by atoms with Crippen LogP contribution in [0.2, 0.25) is 0 Å². The van der Waals surface area contributed by atoms with Crippen LogP contribution in [0, 0.1) is 3.57 Å². The summed E-state index contributed by atoms with van der Waals surface area (Å²) in [5.41, 5.74) is 0. The van der Waals surface area contributed by atoms with Gasteiger partial charge in [-0.25, -0.2) is 4.98 Å². The van der Waals surface area contributed by atoms with Crippen LogP contribution >= 0.6 is 22.6 Å². The van der Waals surface area contributed by atoms with Crippen LogP contribution in [-0.2, 0) is 0 Å². The van der Waals surface area contributed by atoms with Crippen LogP contribution in [0.5, 0.6) is 0 Å². The minimum atomic E-state index is 0.744. The number of rotatable bonds is 2. The zero-order valence-electron chi connectivity index (χ0n) is 7.00. The van der Waals surface area contributed by atoms with Crippen LogP contribution in [0.3, 0.4) is 0 Å². The summed E-state index contributed by atoms with van der Waals surface area (Å²) >= 11 is 2.33. The maximum Gasteiger partial charge on any atom is 0.141 e. The first-order chi connectivity index (χ1) is 5.79. The molecule has 1 aliphatic rings. The highest BCUT2D eigenvalue weighted by Crippen LogP contribution is 2.30. The van der Waals surface area contributed by atoms with Crippen molar-refractivity contribution in [3.05, 3.63) is 21.9 Å². The second-order valence-corrected chi connectivity index (χ2v) is 4.31. The van der Waals surface area contributed by atoms with Gasteiger partial charge in [0.1, 0.15) is 5.82 Å².